The fraction of sp³-hybridized carbons (Fsp3) is 0.462. The molecule has 0 bridgehead atoms. The van der Waals surface area contributed by atoms with Crippen molar-refractivity contribution in [3.8, 4) is 0 Å². The Morgan fingerprint density at radius 1 is 1.25 bits per heavy atom. The van der Waals surface area contributed by atoms with Crippen molar-refractivity contribution >= 4 is 17.3 Å². The fourth-order valence-corrected chi connectivity index (χ4v) is 1.30. The molecular formula is C13H20N2O. The van der Waals surface area contributed by atoms with E-state index in [0.717, 1.165) is 16.8 Å². The Morgan fingerprint density at radius 2 is 1.81 bits per heavy atom. The number of hydrogen-bond acceptors (Lipinski definition) is 2. The van der Waals surface area contributed by atoms with Crippen molar-refractivity contribution in [2.45, 2.75) is 34.6 Å². The Labute approximate surface area is 97.0 Å². The number of nitrogens with two attached hydrogens (primary N) is 1. The molecule has 1 aromatic rings. The van der Waals surface area contributed by atoms with E-state index in [-0.39, 0.29) is 5.91 Å². The molecule has 3 N–H and O–H groups in total. The summed E-state index contributed by atoms with van der Waals surface area (Å²) in [4.78, 5) is 11.9. The van der Waals surface area contributed by atoms with Crippen LogP contribution in [0.5, 0.6) is 0 Å². The number of hydrogen-bond donors (Lipinski definition) is 2. The molecule has 0 aliphatic rings. The van der Waals surface area contributed by atoms with Crippen molar-refractivity contribution in [2.24, 2.45) is 5.41 Å². The molecule has 1 rings (SSSR count). The minimum absolute atomic E-state index is 0.0205. The van der Waals surface area contributed by atoms with Crippen LogP contribution < -0.4 is 11.1 Å². The van der Waals surface area contributed by atoms with Gasteiger partial charge in [-0.25, -0.2) is 0 Å². The lowest BCUT2D eigenvalue weighted by Gasteiger charge is -2.20. The summed E-state index contributed by atoms with van der Waals surface area (Å²) in [5.41, 5.74) is 8.95. The maximum Gasteiger partial charge on any atom is 0.229 e. The number of nitrogen functional groups attached to an aromatic ring is 1. The van der Waals surface area contributed by atoms with E-state index in [0.29, 0.717) is 5.69 Å². The van der Waals surface area contributed by atoms with Gasteiger partial charge in [0, 0.05) is 5.41 Å². The van der Waals surface area contributed by atoms with Crippen molar-refractivity contribution in [1.29, 1.82) is 0 Å². The number of nitrogens with one attached hydrogen (secondary N) is 1. The molecule has 0 spiro atoms. The van der Waals surface area contributed by atoms with Crippen molar-refractivity contribution in [2.75, 3.05) is 11.1 Å². The summed E-state index contributed by atoms with van der Waals surface area (Å²) in [7, 11) is 0. The largest absolute Gasteiger partial charge is 0.397 e. The average molecular weight is 220 g/mol. The molecule has 16 heavy (non-hydrogen) atoms. The zero-order valence-corrected chi connectivity index (χ0v) is 10.6. The van der Waals surface area contributed by atoms with Gasteiger partial charge in [-0.3, -0.25) is 4.79 Å². The Bertz CT molecular complexity index is 417. The van der Waals surface area contributed by atoms with Crippen LogP contribution in [-0.4, -0.2) is 5.91 Å². The highest BCUT2D eigenvalue weighted by Gasteiger charge is 2.22. The van der Waals surface area contributed by atoms with Crippen LogP contribution in [0.2, 0.25) is 0 Å². The summed E-state index contributed by atoms with van der Waals surface area (Å²) in [6.07, 6.45) is 0. The van der Waals surface area contributed by atoms with Gasteiger partial charge in [-0.05, 0) is 31.0 Å². The van der Waals surface area contributed by atoms with Crippen molar-refractivity contribution in [3.05, 3.63) is 23.3 Å². The van der Waals surface area contributed by atoms with Crippen molar-refractivity contribution < 1.29 is 4.79 Å². The van der Waals surface area contributed by atoms with E-state index in [1.807, 2.05) is 46.8 Å². The summed E-state index contributed by atoms with van der Waals surface area (Å²) in [5.74, 6) is -0.0205. The van der Waals surface area contributed by atoms with Gasteiger partial charge in [-0.1, -0.05) is 26.8 Å². The maximum atomic E-state index is 11.9. The molecule has 0 unspecified atom stereocenters. The highest BCUT2D eigenvalue weighted by atomic mass is 16.2. The monoisotopic (exact) mass is 220 g/mol. The first-order chi connectivity index (χ1) is 7.23. The molecule has 0 fully saturated rings. The number of carbonyl (C=O) groups excluding carboxylic acids is 1. The summed E-state index contributed by atoms with van der Waals surface area (Å²) >= 11 is 0. The lowest BCUT2D eigenvalue weighted by molar-refractivity contribution is -0.123. The number of rotatable bonds is 1. The van der Waals surface area contributed by atoms with E-state index in [9.17, 15) is 4.79 Å². The average Bonchev–Trinajstić information content (AvgIpc) is 2.17. The molecule has 0 atom stereocenters. The molecule has 0 aliphatic carbocycles. The summed E-state index contributed by atoms with van der Waals surface area (Å²) in [6.45, 7) is 9.60. The number of anilines is 2. The van der Waals surface area contributed by atoms with Crippen molar-refractivity contribution in [3.63, 3.8) is 0 Å². The van der Waals surface area contributed by atoms with E-state index in [4.69, 9.17) is 5.73 Å². The minimum atomic E-state index is -0.414. The van der Waals surface area contributed by atoms with Gasteiger partial charge in [-0.15, -0.1) is 0 Å². The topological polar surface area (TPSA) is 55.1 Å². The maximum absolute atomic E-state index is 11.9. The second-order valence-corrected chi connectivity index (χ2v) is 5.18. The van der Waals surface area contributed by atoms with Crippen LogP contribution >= 0.6 is 0 Å². The molecular weight excluding hydrogens is 200 g/mol. The van der Waals surface area contributed by atoms with E-state index in [1.54, 1.807) is 0 Å². The van der Waals surface area contributed by atoms with Gasteiger partial charge in [0.15, 0.2) is 0 Å². The quantitative estimate of drug-likeness (QED) is 0.715. The number of benzene rings is 1. The lowest BCUT2D eigenvalue weighted by atomic mass is 9.95. The third kappa shape index (κ3) is 2.54. The number of aryl methyl sites for hydroxylation is 1. The van der Waals surface area contributed by atoms with Crippen LogP contribution in [0.25, 0.3) is 0 Å². The third-order valence-electron chi connectivity index (χ3n) is 2.69. The zero-order chi connectivity index (χ0) is 12.5. The van der Waals surface area contributed by atoms with Gasteiger partial charge >= 0.3 is 0 Å². The summed E-state index contributed by atoms with van der Waals surface area (Å²) in [5, 5.41) is 2.90. The molecule has 0 aromatic heterocycles. The van der Waals surface area contributed by atoms with Crippen LogP contribution in [0.3, 0.4) is 0 Å². The Kier molecular flexibility index (Phi) is 3.27. The molecule has 0 aliphatic heterocycles. The first-order valence-electron chi connectivity index (χ1n) is 5.40. The highest BCUT2D eigenvalue weighted by molar-refractivity contribution is 5.98. The summed E-state index contributed by atoms with van der Waals surface area (Å²) < 4.78 is 0. The fourth-order valence-electron chi connectivity index (χ4n) is 1.30. The van der Waals surface area contributed by atoms with E-state index >= 15 is 0 Å². The summed E-state index contributed by atoms with van der Waals surface area (Å²) in [6, 6.07) is 3.78. The second kappa shape index (κ2) is 4.16. The Hall–Kier alpha value is -1.51. The van der Waals surface area contributed by atoms with E-state index < -0.39 is 5.41 Å². The van der Waals surface area contributed by atoms with Crippen LogP contribution in [0.15, 0.2) is 12.1 Å². The van der Waals surface area contributed by atoms with Gasteiger partial charge in [-0.2, -0.15) is 0 Å². The second-order valence-electron chi connectivity index (χ2n) is 5.18. The van der Waals surface area contributed by atoms with Crippen LogP contribution in [0.4, 0.5) is 11.4 Å². The Morgan fingerprint density at radius 3 is 2.31 bits per heavy atom. The first kappa shape index (κ1) is 12.6. The normalized spacial score (nSPS) is 11.3. The van der Waals surface area contributed by atoms with Gasteiger partial charge in [0.1, 0.15) is 0 Å². The number of carbonyl (C=O) groups is 1. The smallest absolute Gasteiger partial charge is 0.229 e. The molecule has 0 heterocycles. The van der Waals surface area contributed by atoms with Crippen molar-refractivity contribution in [1.82, 2.24) is 0 Å². The predicted octanol–water partition coefficient (Wildman–Crippen LogP) is 2.87. The zero-order valence-electron chi connectivity index (χ0n) is 10.6. The predicted molar refractivity (Wildman–Crippen MR) is 68.4 cm³/mol. The third-order valence-corrected chi connectivity index (χ3v) is 2.69. The van der Waals surface area contributed by atoms with E-state index in [2.05, 4.69) is 5.32 Å². The molecule has 0 radical (unpaired) electrons. The van der Waals surface area contributed by atoms with Gasteiger partial charge < -0.3 is 11.1 Å². The SMILES string of the molecule is Cc1ccc(N)c(NC(=O)C(C)(C)C)c1C. The first-order valence-corrected chi connectivity index (χ1v) is 5.40. The van der Waals surface area contributed by atoms with Crippen LogP contribution in [-0.2, 0) is 4.79 Å². The standard InChI is InChI=1S/C13H20N2O/c1-8-6-7-10(14)11(9(8)2)15-12(16)13(3,4)5/h6-7H,14H2,1-5H3,(H,15,16). The van der Waals surface area contributed by atoms with Gasteiger partial charge in [0.25, 0.3) is 0 Å². The minimum Gasteiger partial charge on any atom is -0.397 e. The molecule has 88 valence electrons. The molecule has 3 nitrogen and oxygen atoms in total. The number of amides is 1. The molecule has 0 saturated heterocycles. The van der Waals surface area contributed by atoms with Gasteiger partial charge in [0.05, 0.1) is 11.4 Å². The molecule has 3 heteroatoms. The molecule has 1 amide bonds. The highest BCUT2D eigenvalue weighted by Crippen LogP contribution is 2.27. The molecule has 0 saturated carbocycles. The molecule has 1 aromatic carbocycles. The van der Waals surface area contributed by atoms with Crippen LogP contribution in [0, 0.1) is 19.3 Å². The van der Waals surface area contributed by atoms with Gasteiger partial charge in [0.2, 0.25) is 5.91 Å². The van der Waals surface area contributed by atoms with E-state index in [1.165, 1.54) is 0 Å². The lowest BCUT2D eigenvalue weighted by Crippen LogP contribution is -2.28. The Balaban J connectivity index is 3.07. The van der Waals surface area contributed by atoms with Crippen LogP contribution in [0.1, 0.15) is 31.9 Å².